The second-order valence-corrected chi connectivity index (χ2v) is 4.07. The number of rotatable bonds is 1. The lowest BCUT2D eigenvalue weighted by Crippen LogP contribution is -2.32. The Bertz CT molecular complexity index is 531. The second kappa shape index (κ2) is 4.35. The molecule has 1 aromatic rings. The third-order valence-electron chi connectivity index (χ3n) is 1.81. The summed E-state index contributed by atoms with van der Waals surface area (Å²) in [5.74, 6) is 0.276. The molecule has 84 valence electrons. The highest BCUT2D eigenvalue weighted by molar-refractivity contribution is 8.14. The van der Waals surface area contributed by atoms with Crippen molar-refractivity contribution in [2.45, 2.75) is 0 Å². The van der Waals surface area contributed by atoms with E-state index in [-0.39, 0.29) is 5.69 Å². The lowest BCUT2D eigenvalue weighted by atomic mass is 10.4. The van der Waals surface area contributed by atoms with Crippen LogP contribution in [0.1, 0.15) is 10.5 Å². The number of hydrogen-bond donors (Lipinski definition) is 3. The predicted molar refractivity (Wildman–Crippen MR) is 59.9 cm³/mol. The third kappa shape index (κ3) is 2.40. The van der Waals surface area contributed by atoms with E-state index >= 15 is 0 Å². The summed E-state index contributed by atoms with van der Waals surface area (Å²) in [5, 5.41) is 3.01. The first kappa shape index (κ1) is 10.7. The van der Waals surface area contributed by atoms with Crippen LogP contribution in [0.3, 0.4) is 0 Å². The Morgan fingerprint density at radius 1 is 1.44 bits per heavy atom. The summed E-state index contributed by atoms with van der Waals surface area (Å²) in [7, 11) is 0. The first-order valence-electron chi connectivity index (χ1n) is 4.47. The largest absolute Gasteiger partial charge is 0.326 e. The Labute approximate surface area is 93.4 Å². The van der Waals surface area contributed by atoms with Gasteiger partial charge < -0.3 is 10.3 Å². The molecule has 3 N–H and O–H groups in total. The number of aromatic nitrogens is 2. The van der Waals surface area contributed by atoms with Gasteiger partial charge in [0.25, 0.3) is 11.5 Å². The first-order valence-corrected chi connectivity index (χ1v) is 5.46. The van der Waals surface area contributed by atoms with E-state index in [4.69, 9.17) is 0 Å². The van der Waals surface area contributed by atoms with Crippen LogP contribution in [0.5, 0.6) is 0 Å². The van der Waals surface area contributed by atoms with Crippen LogP contribution in [0.4, 0.5) is 0 Å². The van der Waals surface area contributed by atoms with Gasteiger partial charge in [-0.05, 0) is 0 Å². The number of nitrogens with zero attached hydrogens (tertiary/aromatic N) is 1. The minimum Gasteiger partial charge on any atom is -0.303 e. The number of hydrogen-bond acceptors (Lipinski definition) is 5. The monoisotopic (exact) mass is 240 g/mol. The van der Waals surface area contributed by atoms with E-state index in [0.29, 0.717) is 11.7 Å². The predicted octanol–water partition coefficient (Wildman–Crippen LogP) is -1.10. The Hall–Kier alpha value is -1.83. The molecule has 0 bridgehead atoms. The van der Waals surface area contributed by atoms with Gasteiger partial charge >= 0.3 is 5.69 Å². The number of thioether (sulfide) groups is 1. The summed E-state index contributed by atoms with van der Waals surface area (Å²) in [4.78, 5) is 41.7. The normalized spacial score (nSPS) is 14.6. The Kier molecular flexibility index (Phi) is 2.91. The van der Waals surface area contributed by atoms with Gasteiger partial charge in [-0.15, -0.1) is 0 Å². The molecule has 0 saturated heterocycles. The Morgan fingerprint density at radius 2 is 2.25 bits per heavy atom. The average Bonchev–Trinajstić information content (AvgIpc) is 2.68. The lowest BCUT2D eigenvalue weighted by Gasteiger charge is -2.02. The van der Waals surface area contributed by atoms with Gasteiger partial charge in [0, 0.05) is 11.8 Å². The molecule has 0 unspecified atom stereocenters. The molecule has 1 aliphatic rings. The van der Waals surface area contributed by atoms with Crippen molar-refractivity contribution >= 4 is 22.8 Å². The van der Waals surface area contributed by atoms with Crippen LogP contribution in [0.2, 0.25) is 0 Å². The molecule has 1 aromatic heterocycles. The van der Waals surface area contributed by atoms with Crippen LogP contribution in [-0.2, 0) is 0 Å². The number of aliphatic imine (C=N–C) groups is 1. The fraction of sp³-hybridized carbons (Fsp3) is 0.250. The Balaban J connectivity index is 2.20. The summed E-state index contributed by atoms with van der Waals surface area (Å²) in [6.07, 6.45) is 0. The number of amides is 1. The highest BCUT2D eigenvalue weighted by Crippen LogP contribution is 2.08. The van der Waals surface area contributed by atoms with Crippen LogP contribution in [0, 0.1) is 0 Å². The fourth-order valence-corrected chi connectivity index (χ4v) is 1.89. The van der Waals surface area contributed by atoms with Crippen molar-refractivity contribution in [2.24, 2.45) is 4.99 Å². The van der Waals surface area contributed by atoms with E-state index in [0.717, 1.165) is 11.8 Å². The third-order valence-corrected chi connectivity index (χ3v) is 2.70. The molecular formula is C8H8N4O3S. The SMILES string of the molecule is O=C(NC1=NCCS1)c1cc(=O)[nH]c(=O)[nH]1. The number of aromatic amines is 2. The summed E-state index contributed by atoms with van der Waals surface area (Å²) >= 11 is 1.41. The van der Waals surface area contributed by atoms with Gasteiger partial charge in [-0.3, -0.25) is 19.6 Å². The zero-order valence-corrected chi connectivity index (χ0v) is 8.89. The molecule has 0 aromatic carbocycles. The molecule has 0 atom stereocenters. The molecule has 16 heavy (non-hydrogen) atoms. The molecule has 1 amide bonds. The molecule has 7 nitrogen and oxygen atoms in total. The smallest absolute Gasteiger partial charge is 0.303 e. The number of carbonyl (C=O) groups excluding carboxylic acids is 1. The zero-order chi connectivity index (χ0) is 11.5. The molecule has 0 spiro atoms. The van der Waals surface area contributed by atoms with E-state index in [9.17, 15) is 14.4 Å². The van der Waals surface area contributed by atoms with Crippen molar-refractivity contribution in [3.05, 3.63) is 32.6 Å². The van der Waals surface area contributed by atoms with Crippen LogP contribution in [0.15, 0.2) is 20.6 Å². The van der Waals surface area contributed by atoms with Crippen LogP contribution in [0.25, 0.3) is 0 Å². The highest BCUT2D eigenvalue weighted by Gasteiger charge is 2.13. The average molecular weight is 240 g/mol. The van der Waals surface area contributed by atoms with Crippen LogP contribution >= 0.6 is 11.8 Å². The minimum absolute atomic E-state index is 0.0797. The summed E-state index contributed by atoms with van der Waals surface area (Å²) in [6, 6.07) is 1.02. The molecule has 2 rings (SSSR count). The van der Waals surface area contributed by atoms with Gasteiger partial charge in [0.2, 0.25) is 0 Å². The topological polar surface area (TPSA) is 107 Å². The molecule has 2 heterocycles. The molecule has 8 heteroatoms. The van der Waals surface area contributed by atoms with Crippen LogP contribution < -0.4 is 16.6 Å². The summed E-state index contributed by atoms with van der Waals surface area (Å²) in [6.45, 7) is 0.659. The molecule has 0 saturated carbocycles. The van der Waals surface area contributed by atoms with Gasteiger partial charge in [0.15, 0.2) is 5.17 Å². The minimum atomic E-state index is -0.710. The van der Waals surface area contributed by atoms with E-state index in [1.54, 1.807) is 0 Å². The van der Waals surface area contributed by atoms with E-state index < -0.39 is 17.2 Å². The Morgan fingerprint density at radius 3 is 2.88 bits per heavy atom. The fourth-order valence-electron chi connectivity index (χ4n) is 1.17. The molecule has 0 fully saturated rings. The van der Waals surface area contributed by atoms with Crippen molar-refractivity contribution in [2.75, 3.05) is 12.3 Å². The molecular weight excluding hydrogens is 232 g/mol. The van der Waals surface area contributed by atoms with Crippen molar-refractivity contribution in [3.8, 4) is 0 Å². The summed E-state index contributed by atoms with van der Waals surface area (Å²) in [5.41, 5.74) is -1.41. The van der Waals surface area contributed by atoms with Crippen LogP contribution in [-0.4, -0.2) is 33.3 Å². The quantitative estimate of drug-likeness (QED) is 0.578. The first-order chi connectivity index (χ1) is 7.65. The molecule has 1 aliphatic heterocycles. The maximum absolute atomic E-state index is 11.6. The number of amidine groups is 1. The van der Waals surface area contributed by atoms with Gasteiger partial charge in [0.05, 0.1) is 6.54 Å². The maximum Gasteiger partial charge on any atom is 0.326 e. The zero-order valence-electron chi connectivity index (χ0n) is 8.07. The number of carbonyl (C=O) groups is 1. The van der Waals surface area contributed by atoms with Gasteiger partial charge in [-0.25, -0.2) is 4.79 Å². The summed E-state index contributed by atoms with van der Waals surface area (Å²) < 4.78 is 0. The molecule has 0 radical (unpaired) electrons. The highest BCUT2D eigenvalue weighted by atomic mass is 32.2. The van der Waals surface area contributed by atoms with Gasteiger partial charge in [-0.1, -0.05) is 11.8 Å². The lowest BCUT2D eigenvalue weighted by molar-refractivity contribution is 0.0972. The maximum atomic E-state index is 11.6. The van der Waals surface area contributed by atoms with E-state index in [1.165, 1.54) is 11.8 Å². The number of nitrogens with one attached hydrogen (secondary N) is 3. The van der Waals surface area contributed by atoms with Crippen molar-refractivity contribution in [1.29, 1.82) is 0 Å². The van der Waals surface area contributed by atoms with Crippen molar-refractivity contribution in [1.82, 2.24) is 15.3 Å². The molecule has 0 aliphatic carbocycles. The van der Waals surface area contributed by atoms with Gasteiger partial charge in [-0.2, -0.15) is 0 Å². The van der Waals surface area contributed by atoms with Crippen molar-refractivity contribution < 1.29 is 4.79 Å². The number of H-pyrrole nitrogens is 2. The second-order valence-electron chi connectivity index (χ2n) is 2.99. The van der Waals surface area contributed by atoms with Crippen molar-refractivity contribution in [3.63, 3.8) is 0 Å². The standard InChI is InChI=1S/C8H8N4O3S/c13-5-3-4(10-7(15)11-5)6(14)12-8-9-1-2-16-8/h3H,1-2H2,(H,9,12,14)(H2,10,11,13,15). The van der Waals surface area contributed by atoms with E-state index in [1.807, 2.05) is 4.98 Å². The van der Waals surface area contributed by atoms with E-state index in [2.05, 4.69) is 15.3 Å². The van der Waals surface area contributed by atoms with Gasteiger partial charge in [0.1, 0.15) is 5.69 Å².